The summed E-state index contributed by atoms with van der Waals surface area (Å²) in [6.45, 7) is 1.18. The van der Waals surface area contributed by atoms with E-state index in [9.17, 15) is 21.6 Å². The average Bonchev–Trinajstić information content (AvgIpc) is 2.68. The number of methoxy groups -OCH3 is 1. The summed E-state index contributed by atoms with van der Waals surface area (Å²) in [4.78, 5) is 12.3. The van der Waals surface area contributed by atoms with Crippen LogP contribution < -0.4 is 5.32 Å². The fourth-order valence-electron chi connectivity index (χ4n) is 2.94. The Kier molecular flexibility index (Phi) is 7.57. The standard InChI is InChI=1S/C17H27N3O6S2/c1-19(2)27(22,23)15-6-8-16(9-7-15)28(24,25)20-11-4-5-14(13-20)17(21)18-10-12-26-3/h6-9,14H,4-5,10-13H2,1-3H3,(H,18,21)/t14-/m0/s1. The fraction of sp³-hybridized carbons (Fsp3) is 0.588. The molecule has 0 spiro atoms. The van der Waals surface area contributed by atoms with Crippen molar-refractivity contribution in [1.29, 1.82) is 0 Å². The minimum Gasteiger partial charge on any atom is -0.383 e. The van der Waals surface area contributed by atoms with E-state index in [-0.39, 0.29) is 22.2 Å². The molecular formula is C17H27N3O6S2. The zero-order valence-electron chi connectivity index (χ0n) is 16.3. The number of amides is 1. The van der Waals surface area contributed by atoms with Gasteiger partial charge in [-0.3, -0.25) is 4.79 Å². The van der Waals surface area contributed by atoms with Crippen LogP contribution in [0.2, 0.25) is 0 Å². The first-order valence-electron chi connectivity index (χ1n) is 8.90. The van der Waals surface area contributed by atoms with E-state index in [2.05, 4.69) is 5.32 Å². The molecule has 1 aromatic rings. The van der Waals surface area contributed by atoms with Crippen molar-refractivity contribution in [2.45, 2.75) is 22.6 Å². The van der Waals surface area contributed by atoms with Gasteiger partial charge in [-0.15, -0.1) is 0 Å². The van der Waals surface area contributed by atoms with Crippen LogP contribution in [0.15, 0.2) is 34.1 Å². The molecule has 1 heterocycles. The van der Waals surface area contributed by atoms with Crippen LogP contribution in [-0.2, 0) is 29.6 Å². The molecule has 0 saturated carbocycles. The van der Waals surface area contributed by atoms with Gasteiger partial charge >= 0.3 is 0 Å². The number of hydrogen-bond donors (Lipinski definition) is 1. The Morgan fingerprint density at radius 3 is 2.36 bits per heavy atom. The molecule has 158 valence electrons. The van der Waals surface area contributed by atoms with Crippen LogP contribution in [0.3, 0.4) is 0 Å². The lowest BCUT2D eigenvalue weighted by atomic mass is 9.99. The molecule has 1 atom stereocenters. The van der Waals surface area contributed by atoms with Gasteiger partial charge in [0.15, 0.2) is 0 Å². The molecule has 0 unspecified atom stereocenters. The predicted octanol–water partition coefficient (Wildman–Crippen LogP) is 0.100. The van der Waals surface area contributed by atoms with Crippen LogP contribution >= 0.6 is 0 Å². The van der Waals surface area contributed by atoms with Crippen LogP contribution in [0.1, 0.15) is 12.8 Å². The molecule has 1 fully saturated rings. The second kappa shape index (κ2) is 9.31. The molecular weight excluding hydrogens is 406 g/mol. The van der Waals surface area contributed by atoms with Crippen molar-refractivity contribution in [2.75, 3.05) is 47.4 Å². The molecule has 1 amide bonds. The second-order valence-electron chi connectivity index (χ2n) is 6.74. The summed E-state index contributed by atoms with van der Waals surface area (Å²) >= 11 is 0. The lowest BCUT2D eigenvalue weighted by molar-refractivity contribution is -0.126. The topological polar surface area (TPSA) is 113 Å². The number of hydrogen-bond acceptors (Lipinski definition) is 6. The molecule has 28 heavy (non-hydrogen) atoms. The number of piperidine rings is 1. The van der Waals surface area contributed by atoms with E-state index in [1.165, 1.54) is 49.8 Å². The van der Waals surface area contributed by atoms with Gasteiger partial charge in [0, 0.05) is 40.8 Å². The SMILES string of the molecule is COCCNC(=O)[C@H]1CCCN(S(=O)(=O)c2ccc(S(=O)(=O)N(C)C)cc2)C1. The zero-order valence-corrected chi connectivity index (χ0v) is 17.9. The first-order chi connectivity index (χ1) is 13.1. The van der Waals surface area contributed by atoms with Gasteiger partial charge in [0.25, 0.3) is 0 Å². The number of ether oxygens (including phenoxy) is 1. The molecule has 9 nitrogen and oxygen atoms in total. The molecule has 2 rings (SSSR count). The average molecular weight is 434 g/mol. The first kappa shape index (κ1) is 22.8. The number of carbonyl (C=O) groups excluding carboxylic acids is 1. The maximum absolute atomic E-state index is 12.9. The highest BCUT2D eigenvalue weighted by Crippen LogP contribution is 2.25. The first-order valence-corrected chi connectivity index (χ1v) is 11.8. The number of sulfonamides is 2. The second-order valence-corrected chi connectivity index (χ2v) is 10.8. The van der Waals surface area contributed by atoms with Crippen molar-refractivity contribution in [2.24, 2.45) is 5.92 Å². The van der Waals surface area contributed by atoms with Crippen molar-refractivity contribution in [3.8, 4) is 0 Å². The molecule has 0 radical (unpaired) electrons. The van der Waals surface area contributed by atoms with E-state index in [1.807, 2.05) is 0 Å². The van der Waals surface area contributed by atoms with Crippen molar-refractivity contribution < 1.29 is 26.4 Å². The monoisotopic (exact) mass is 433 g/mol. The van der Waals surface area contributed by atoms with Crippen molar-refractivity contribution in [1.82, 2.24) is 13.9 Å². The third-order valence-electron chi connectivity index (χ3n) is 4.60. The number of carbonyl (C=O) groups is 1. The smallest absolute Gasteiger partial charge is 0.243 e. The van der Waals surface area contributed by atoms with Crippen LogP contribution in [0.25, 0.3) is 0 Å². The Morgan fingerprint density at radius 1 is 1.18 bits per heavy atom. The van der Waals surface area contributed by atoms with Gasteiger partial charge in [0.2, 0.25) is 26.0 Å². The van der Waals surface area contributed by atoms with Gasteiger partial charge in [0.05, 0.1) is 22.3 Å². The van der Waals surface area contributed by atoms with Gasteiger partial charge in [-0.25, -0.2) is 21.1 Å². The van der Waals surface area contributed by atoms with E-state index < -0.39 is 26.0 Å². The molecule has 0 bridgehead atoms. The molecule has 1 aliphatic rings. The van der Waals surface area contributed by atoms with Gasteiger partial charge in [0.1, 0.15) is 0 Å². The summed E-state index contributed by atoms with van der Waals surface area (Å²) in [7, 11) is -3.09. The van der Waals surface area contributed by atoms with E-state index >= 15 is 0 Å². The van der Waals surface area contributed by atoms with Gasteiger partial charge in [-0.05, 0) is 37.1 Å². The Labute approximate surface area is 166 Å². The Hall–Kier alpha value is -1.53. The van der Waals surface area contributed by atoms with Gasteiger partial charge < -0.3 is 10.1 Å². The van der Waals surface area contributed by atoms with Crippen LogP contribution in [0.5, 0.6) is 0 Å². The molecule has 1 aliphatic heterocycles. The number of rotatable bonds is 8. The summed E-state index contributed by atoms with van der Waals surface area (Å²) < 4.78 is 57.4. The highest BCUT2D eigenvalue weighted by atomic mass is 32.2. The van der Waals surface area contributed by atoms with Crippen molar-refractivity contribution >= 4 is 26.0 Å². The summed E-state index contributed by atoms with van der Waals surface area (Å²) in [5.41, 5.74) is 0. The maximum Gasteiger partial charge on any atom is 0.243 e. The summed E-state index contributed by atoms with van der Waals surface area (Å²) in [5.74, 6) is -0.613. The third-order valence-corrected chi connectivity index (χ3v) is 8.31. The summed E-state index contributed by atoms with van der Waals surface area (Å²) in [6, 6.07) is 5.13. The summed E-state index contributed by atoms with van der Waals surface area (Å²) in [5, 5.41) is 2.74. The fourth-order valence-corrected chi connectivity index (χ4v) is 5.36. The number of nitrogens with zero attached hydrogens (tertiary/aromatic N) is 2. The Balaban J connectivity index is 2.14. The Morgan fingerprint density at radius 2 is 1.79 bits per heavy atom. The molecule has 1 saturated heterocycles. The molecule has 11 heteroatoms. The highest BCUT2D eigenvalue weighted by molar-refractivity contribution is 7.89. The maximum atomic E-state index is 12.9. The van der Waals surface area contributed by atoms with Crippen LogP contribution in [0, 0.1) is 5.92 Å². The number of nitrogens with one attached hydrogen (secondary N) is 1. The molecule has 0 aromatic heterocycles. The normalized spacial score (nSPS) is 18.9. The summed E-state index contributed by atoms with van der Waals surface area (Å²) in [6.07, 6.45) is 1.19. The lowest BCUT2D eigenvalue weighted by Crippen LogP contribution is -2.45. The lowest BCUT2D eigenvalue weighted by Gasteiger charge is -2.31. The third kappa shape index (κ3) is 5.09. The van der Waals surface area contributed by atoms with E-state index in [4.69, 9.17) is 4.74 Å². The molecule has 1 N–H and O–H groups in total. The zero-order chi connectivity index (χ0) is 20.9. The van der Waals surface area contributed by atoms with E-state index in [0.717, 1.165) is 4.31 Å². The molecule has 1 aromatic carbocycles. The quantitative estimate of drug-likeness (QED) is 0.582. The minimum atomic E-state index is -3.82. The van der Waals surface area contributed by atoms with Crippen molar-refractivity contribution in [3.63, 3.8) is 0 Å². The van der Waals surface area contributed by atoms with Gasteiger partial charge in [-0.1, -0.05) is 0 Å². The minimum absolute atomic E-state index is 0.00523. The predicted molar refractivity (Wildman–Crippen MR) is 104 cm³/mol. The largest absolute Gasteiger partial charge is 0.383 e. The van der Waals surface area contributed by atoms with E-state index in [1.54, 1.807) is 0 Å². The van der Waals surface area contributed by atoms with E-state index in [0.29, 0.717) is 32.5 Å². The Bertz CT molecular complexity index is 882. The van der Waals surface area contributed by atoms with Crippen molar-refractivity contribution in [3.05, 3.63) is 24.3 Å². The van der Waals surface area contributed by atoms with Gasteiger partial charge in [-0.2, -0.15) is 4.31 Å². The molecule has 0 aliphatic carbocycles. The highest BCUT2D eigenvalue weighted by Gasteiger charge is 2.33. The number of benzene rings is 1. The van der Waals surface area contributed by atoms with Crippen LogP contribution in [0.4, 0.5) is 0 Å². The van der Waals surface area contributed by atoms with Crippen LogP contribution in [-0.4, -0.2) is 78.8 Å².